The first-order valence-electron chi connectivity index (χ1n) is 5.10. The number of aromatic nitrogens is 2. The maximum Gasteiger partial charge on any atom is 0.144 e. The lowest BCUT2D eigenvalue weighted by molar-refractivity contribution is 0.153. The fourth-order valence-corrected chi connectivity index (χ4v) is 1.67. The van der Waals surface area contributed by atoms with Crippen molar-refractivity contribution in [2.24, 2.45) is 0 Å². The fraction of sp³-hybridized carbons (Fsp3) is 0.600. The van der Waals surface area contributed by atoms with Gasteiger partial charge in [0.05, 0.1) is 19.8 Å². The number of aliphatic hydroxyl groups is 2. The lowest BCUT2D eigenvalue weighted by Gasteiger charge is -2.19. The number of nitrogens with zero attached hydrogens (tertiary/aromatic N) is 3. The molecule has 0 radical (unpaired) electrons. The van der Waals surface area contributed by atoms with Crippen LogP contribution in [0.25, 0.3) is 0 Å². The first-order chi connectivity index (χ1) is 7.65. The number of hydrogen-bond donors (Lipinski definition) is 2. The van der Waals surface area contributed by atoms with E-state index < -0.39 is 0 Å². The Bertz CT molecular complexity index is 310. The van der Waals surface area contributed by atoms with E-state index in [-0.39, 0.29) is 13.2 Å². The van der Waals surface area contributed by atoms with Gasteiger partial charge < -0.3 is 10.2 Å². The zero-order valence-electron chi connectivity index (χ0n) is 9.23. The van der Waals surface area contributed by atoms with E-state index in [0.29, 0.717) is 30.6 Å². The van der Waals surface area contributed by atoms with Crippen molar-refractivity contribution in [2.45, 2.75) is 13.5 Å². The highest BCUT2D eigenvalue weighted by Crippen LogP contribution is 2.08. The highest BCUT2D eigenvalue weighted by atomic mass is 35.5. The molecule has 0 saturated heterocycles. The molecule has 1 aromatic rings. The van der Waals surface area contributed by atoms with E-state index in [0.717, 1.165) is 5.69 Å². The first kappa shape index (κ1) is 13.3. The second-order valence-electron chi connectivity index (χ2n) is 3.47. The van der Waals surface area contributed by atoms with Crippen molar-refractivity contribution < 1.29 is 10.2 Å². The molecule has 5 nitrogen and oxygen atoms in total. The topological polar surface area (TPSA) is 69.5 Å². The largest absolute Gasteiger partial charge is 0.395 e. The Labute approximate surface area is 99.7 Å². The van der Waals surface area contributed by atoms with Crippen molar-refractivity contribution in [3.8, 4) is 0 Å². The van der Waals surface area contributed by atoms with Crippen LogP contribution in [0.3, 0.4) is 0 Å². The van der Waals surface area contributed by atoms with Crippen LogP contribution in [0.5, 0.6) is 0 Å². The molecule has 0 spiro atoms. The molecule has 1 heterocycles. The van der Waals surface area contributed by atoms with E-state index in [1.165, 1.54) is 0 Å². The molecule has 0 aromatic carbocycles. The number of rotatable bonds is 6. The summed E-state index contributed by atoms with van der Waals surface area (Å²) in [5.74, 6) is 0.604. The number of halogens is 1. The Balaban J connectivity index is 2.68. The van der Waals surface area contributed by atoms with Crippen LogP contribution in [-0.4, -0.2) is 51.4 Å². The molecule has 2 N–H and O–H groups in total. The summed E-state index contributed by atoms with van der Waals surface area (Å²) < 4.78 is 0. The van der Waals surface area contributed by atoms with Crippen LogP contribution < -0.4 is 0 Å². The SMILES string of the molecule is Cc1cc(Cl)nc(CN(CCO)CCO)n1. The van der Waals surface area contributed by atoms with Crippen LogP contribution in [0.2, 0.25) is 5.15 Å². The fourth-order valence-electron chi connectivity index (χ4n) is 1.41. The highest BCUT2D eigenvalue weighted by Gasteiger charge is 2.08. The zero-order valence-corrected chi connectivity index (χ0v) is 9.98. The summed E-state index contributed by atoms with van der Waals surface area (Å²) in [6.07, 6.45) is 0. The van der Waals surface area contributed by atoms with Gasteiger partial charge in [-0.2, -0.15) is 0 Å². The first-order valence-corrected chi connectivity index (χ1v) is 5.47. The summed E-state index contributed by atoms with van der Waals surface area (Å²) in [4.78, 5) is 10.2. The number of aryl methyl sites for hydroxylation is 1. The highest BCUT2D eigenvalue weighted by molar-refractivity contribution is 6.29. The zero-order chi connectivity index (χ0) is 12.0. The van der Waals surface area contributed by atoms with Crippen molar-refractivity contribution in [3.63, 3.8) is 0 Å². The molecule has 6 heteroatoms. The summed E-state index contributed by atoms with van der Waals surface area (Å²) in [7, 11) is 0. The van der Waals surface area contributed by atoms with Crippen LogP contribution >= 0.6 is 11.6 Å². The van der Waals surface area contributed by atoms with Crippen LogP contribution in [0.1, 0.15) is 11.5 Å². The van der Waals surface area contributed by atoms with E-state index in [9.17, 15) is 0 Å². The molecule has 0 aliphatic carbocycles. The van der Waals surface area contributed by atoms with Crippen LogP contribution in [-0.2, 0) is 6.54 Å². The summed E-state index contributed by atoms with van der Waals surface area (Å²) in [5, 5.41) is 18.1. The Morgan fingerprint density at radius 2 is 1.88 bits per heavy atom. The second kappa shape index (κ2) is 6.75. The van der Waals surface area contributed by atoms with Gasteiger partial charge in [0, 0.05) is 18.8 Å². The molecule has 0 aliphatic heterocycles. The van der Waals surface area contributed by atoms with E-state index in [4.69, 9.17) is 21.8 Å². The lowest BCUT2D eigenvalue weighted by Crippen LogP contribution is -2.30. The van der Waals surface area contributed by atoms with E-state index in [1.807, 2.05) is 11.8 Å². The third-order valence-corrected chi connectivity index (χ3v) is 2.26. The van der Waals surface area contributed by atoms with Crippen molar-refractivity contribution >= 4 is 11.6 Å². The van der Waals surface area contributed by atoms with Gasteiger partial charge >= 0.3 is 0 Å². The van der Waals surface area contributed by atoms with Crippen molar-refractivity contribution in [1.29, 1.82) is 0 Å². The Hall–Kier alpha value is -0.750. The molecule has 0 atom stereocenters. The molecule has 0 unspecified atom stereocenters. The maximum absolute atomic E-state index is 8.86. The molecule has 16 heavy (non-hydrogen) atoms. The third kappa shape index (κ3) is 4.40. The van der Waals surface area contributed by atoms with Gasteiger partial charge in [0.1, 0.15) is 11.0 Å². The monoisotopic (exact) mass is 245 g/mol. The number of aliphatic hydroxyl groups excluding tert-OH is 2. The summed E-state index contributed by atoms with van der Waals surface area (Å²) in [5.41, 5.74) is 0.808. The summed E-state index contributed by atoms with van der Waals surface area (Å²) in [6.45, 7) is 3.37. The van der Waals surface area contributed by atoms with Gasteiger partial charge in [0.25, 0.3) is 0 Å². The Kier molecular flexibility index (Phi) is 5.62. The van der Waals surface area contributed by atoms with Crippen molar-refractivity contribution in [1.82, 2.24) is 14.9 Å². The molecular formula is C10H16ClN3O2. The van der Waals surface area contributed by atoms with Gasteiger partial charge in [-0.25, -0.2) is 9.97 Å². The smallest absolute Gasteiger partial charge is 0.144 e. The standard InChI is InChI=1S/C10H16ClN3O2/c1-8-6-9(11)13-10(12-8)7-14(2-4-15)3-5-16/h6,15-16H,2-5,7H2,1H3. The Morgan fingerprint density at radius 3 is 2.38 bits per heavy atom. The predicted octanol–water partition coefficient (Wildman–Crippen LogP) is 0.225. The van der Waals surface area contributed by atoms with Crippen molar-refractivity contribution in [3.05, 3.63) is 22.7 Å². The molecule has 0 saturated carbocycles. The number of hydrogen-bond acceptors (Lipinski definition) is 5. The van der Waals surface area contributed by atoms with Crippen molar-refractivity contribution in [2.75, 3.05) is 26.3 Å². The van der Waals surface area contributed by atoms with Gasteiger partial charge in [0.2, 0.25) is 0 Å². The quantitative estimate of drug-likeness (QED) is 0.702. The van der Waals surface area contributed by atoms with Gasteiger partial charge in [0.15, 0.2) is 0 Å². The minimum absolute atomic E-state index is 0.0412. The second-order valence-corrected chi connectivity index (χ2v) is 3.86. The molecular weight excluding hydrogens is 230 g/mol. The molecule has 0 bridgehead atoms. The summed E-state index contributed by atoms with van der Waals surface area (Å²) >= 11 is 5.82. The predicted molar refractivity (Wildman–Crippen MR) is 61.2 cm³/mol. The molecule has 0 amide bonds. The average Bonchev–Trinajstić information content (AvgIpc) is 2.16. The van der Waals surface area contributed by atoms with Gasteiger partial charge in [-0.05, 0) is 13.0 Å². The van der Waals surface area contributed by atoms with E-state index in [1.54, 1.807) is 6.07 Å². The molecule has 0 aliphatic rings. The normalized spacial score (nSPS) is 11.1. The van der Waals surface area contributed by atoms with Crippen LogP contribution in [0, 0.1) is 6.92 Å². The van der Waals surface area contributed by atoms with Gasteiger partial charge in [-0.3, -0.25) is 4.90 Å². The molecule has 90 valence electrons. The minimum atomic E-state index is 0.0412. The molecule has 0 fully saturated rings. The van der Waals surface area contributed by atoms with Crippen LogP contribution in [0.15, 0.2) is 6.07 Å². The maximum atomic E-state index is 8.86. The lowest BCUT2D eigenvalue weighted by atomic mass is 10.4. The van der Waals surface area contributed by atoms with E-state index >= 15 is 0 Å². The van der Waals surface area contributed by atoms with E-state index in [2.05, 4.69) is 9.97 Å². The summed E-state index contributed by atoms with van der Waals surface area (Å²) in [6, 6.07) is 1.69. The van der Waals surface area contributed by atoms with Gasteiger partial charge in [-0.15, -0.1) is 0 Å². The average molecular weight is 246 g/mol. The minimum Gasteiger partial charge on any atom is -0.395 e. The third-order valence-electron chi connectivity index (χ3n) is 2.07. The van der Waals surface area contributed by atoms with Gasteiger partial charge in [-0.1, -0.05) is 11.6 Å². The molecule has 1 rings (SSSR count). The van der Waals surface area contributed by atoms with Crippen LogP contribution in [0.4, 0.5) is 0 Å². The Morgan fingerprint density at radius 1 is 1.25 bits per heavy atom. The molecule has 1 aromatic heterocycles.